The number of para-hydroxylation sites is 2. The number of amides is 1. The standard InChI is InChI=1S/C18H15FN4OS/c19-12-5-6-17-13(9-12)14(7-8-25-17)21-22-18(24)10-23-11-20-15-3-1-2-4-16(15)23/h1-6,9,11H,7-8,10H2,(H,22,24). The number of hydrogen-bond donors (Lipinski definition) is 1. The molecule has 25 heavy (non-hydrogen) atoms. The van der Waals surface area contributed by atoms with Crippen LogP contribution in [0.15, 0.2) is 58.8 Å². The summed E-state index contributed by atoms with van der Waals surface area (Å²) in [6.45, 7) is 0.127. The number of rotatable bonds is 3. The number of hydrazone groups is 1. The van der Waals surface area contributed by atoms with Crippen LogP contribution in [0.5, 0.6) is 0 Å². The average molecular weight is 354 g/mol. The van der Waals surface area contributed by atoms with Crippen LogP contribution in [0.1, 0.15) is 12.0 Å². The van der Waals surface area contributed by atoms with Crippen LogP contribution in [0.4, 0.5) is 4.39 Å². The second kappa shape index (κ2) is 6.68. The largest absolute Gasteiger partial charge is 0.321 e. The molecule has 2 aromatic carbocycles. The van der Waals surface area contributed by atoms with Crippen molar-refractivity contribution in [3.05, 3.63) is 60.2 Å². The van der Waals surface area contributed by atoms with E-state index in [4.69, 9.17) is 0 Å². The molecule has 0 aliphatic carbocycles. The van der Waals surface area contributed by atoms with Crippen molar-refractivity contribution in [3.8, 4) is 0 Å². The molecule has 0 unspecified atom stereocenters. The Kier molecular flexibility index (Phi) is 4.23. The Bertz CT molecular complexity index is 982. The molecular formula is C18H15FN4OS. The summed E-state index contributed by atoms with van der Waals surface area (Å²) in [7, 11) is 0. The Labute approximate surface area is 147 Å². The summed E-state index contributed by atoms with van der Waals surface area (Å²) in [6.07, 6.45) is 2.33. The van der Waals surface area contributed by atoms with Crippen molar-refractivity contribution >= 4 is 34.4 Å². The first-order valence-electron chi connectivity index (χ1n) is 7.89. The van der Waals surface area contributed by atoms with Crippen LogP contribution >= 0.6 is 11.8 Å². The first-order chi connectivity index (χ1) is 12.2. The van der Waals surface area contributed by atoms with Gasteiger partial charge in [-0.3, -0.25) is 4.79 Å². The molecule has 4 rings (SSSR count). The van der Waals surface area contributed by atoms with Crippen molar-refractivity contribution in [2.75, 3.05) is 5.75 Å². The molecule has 3 aromatic rings. The minimum atomic E-state index is -0.301. The first-order valence-corrected chi connectivity index (χ1v) is 8.87. The van der Waals surface area contributed by atoms with Gasteiger partial charge in [0.25, 0.3) is 5.91 Å². The number of aromatic nitrogens is 2. The predicted octanol–water partition coefficient (Wildman–Crippen LogP) is 3.19. The van der Waals surface area contributed by atoms with E-state index in [2.05, 4.69) is 15.5 Å². The van der Waals surface area contributed by atoms with Gasteiger partial charge in [0.1, 0.15) is 12.4 Å². The summed E-state index contributed by atoms with van der Waals surface area (Å²) in [6, 6.07) is 12.3. The number of fused-ring (bicyclic) bond motifs is 2. The van der Waals surface area contributed by atoms with E-state index < -0.39 is 0 Å². The van der Waals surface area contributed by atoms with Crippen LogP contribution in [0.3, 0.4) is 0 Å². The smallest absolute Gasteiger partial charge is 0.260 e. The third kappa shape index (κ3) is 3.28. The number of carbonyl (C=O) groups excluding carboxylic acids is 1. The Morgan fingerprint density at radius 1 is 1.32 bits per heavy atom. The summed E-state index contributed by atoms with van der Waals surface area (Å²) in [5.74, 6) is 0.316. The maximum Gasteiger partial charge on any atom is 0.260 e. The fraction of sp³-hybridized carbons (Fsp3) is 0.167. The van der Waals surface area contributed by atoms with Crippen molar-refractivity contribution in [2.45, 2.75) is 17.9 Å². The first kappa shape index (κ1) is 15.8. The van der Waals surface area contributed by atoms with Crippen LogP contribution in [0, 0.1) is 5.82 Å². The molecule has 7 heteroatoms. The van der Waals surface area contributed by atoms with Crippen LogP contribution in [0.2, 0.25) is 0 Å². The number of hydrogen-bond acceptors (Lipinski definition) is 4. The zero-order valence-electron chi connectivity index (χ0n) is 13.3. The van der Waals surface area contributed by atoms with Gasteiger partial charge >= 0.3 is 0 Å². The maximum absolute atomic E-state index is 13.5. The van der Waals surface area contributed by atoms with Gasteiger partial charge in [0.05, 0.1) is 23.1 Å². The summed E-state index contributed by atoms with van der Waals surface area (Å²) >= 11 is 1.67. The quantitative estimate of drug-likeness (QED) is 0.735. The van der Waals surface area contributed by atoms with Crippen LogP contribution in [-0.4, -0.2) is 26.9 Å². The van der Waals surface area contributed by atoms with E-state index in [1.54, 1.807) is 28.7 Å². The molecule has 0 spiro atoms. The zero-order valence-corrected chi connectivity index (χ0v) is 14.1. The van der Waals surface area contributed by atoms with Crippen molar-refractivity contribution < 1.29 is 9.18 Å². The number of benzene rings is 2. The Morgan fingerprint density at radius 2 is 2.20 bits per heavy atom. The molecule has 126 valence electrons. The van der Waals surface area contributed by atoms with Gasteiger partial charge < -0.3 is 4.57 Å². The van der Waals surface area contributed by atoms with Crippen molar-refractivity contribution in [1.82, 2.24) is 15.0 Å². The third-order valence-electron chi connectivity index (χ3n) is 4.01. The topological polar surface area (TPSA) is 59.3 Å². The van der Waals surface area contributed by atoms with E-state index in [0.29, 0.717) is 12.1 Å². The molecule has 1 aliphatic heterocycles. The van der Waals surface area contributed by atoms with E-state index in [9.17, 15) is 9.18 Å². The summed E-state index contributed by atoms with van der Waals surface area (Å²) < 4.78 is 15.3. The normalized spacial score (nSPS) is 15.3. The van der Waals surface area contributed by atoms with Gasteiger partial charge in [-0.2, -0.15) is 5.10 Å². The number of nitrogens with one attached hydrogen (secondary N) is 1. The highest BCUT2D eigenvalue weighted by Gasteiger charge is 2.17. The van der Waals surface area contributed by atoms with Crippen LogP contribution in [0.25, 0.3) is 11.0 Å². The lowest BCUT2D eigenvalue weighted by atomic mass is 10.1. The minimum Gasteiger partial charge on any atom is -0.321 e. The molecule has 0 fully saturated rings. The number of imidazole rings is 1. The fourth-order valence-electron chi connectivity index (χ4n) is 2.82. The molecule has 1 aromatic heterocycles. The van der Waals surface area contributed by atoms with Crippen molar-refractivity contribution in [1.29, 1.82) is 0 Å². The van der Waals surface area contributed by atoms with E-state index in [1.165, 1.54) is 12.1 Å². The molecule has 0 bridgehead atoms. The van der Waals surface area contributed by atoms with Gasteiger partial charge in [0.2, 0.25) is 0 Å². The van der Waals surface area contributed by atoms with Crippen LogP contribution < -0.4 is 5.43 Å². The van der Waals surface area contributed by atoms with Crippen LogP contribution in [-0.2, 0) is 11.3 Å². The van der Waals surface area contributed by atoms with Gasteiger partial charge in [0, 0.05) is 22.6 Å². The molecule has 0 atom stereocenters. The second-order valence-electron chi connectivity index (χ2n) is 5.69. The molecule has 0 saturated heterocycles. The lowest BCUT2D eigenvalue weighted by molar-refractivity contribution is -0.121. The fourth-order valence-corrected chi connectivity index (χ4v) is 3.83. The lowest BCUT2D eigenvalue weighted by Crippen LogP contribution is -2.25. The van der Waals surface area contributed by atoms with Gasteiger partial charge in [0.15, 0.2) is 0 Å². The van der Waals surface area contributed by atoms with E-state index in [1.807, 2.05) is 24.3 Å². The molecule has 1 N–H and O–H groups in total. The Hall–Kier alpha value is -2.67. The second-order valence-corrected chi connectivity index (χ2v) is 6.83. The van der Waals surface area contributed by atoms with Gasteiger partial charge in [-0.15, -0.1) is 11.8 Å². The Balaban J connectivity index is 1.51. The molecular weight excluding hydrogens is 339 g/mol. The lowest BCUT2D eigenvalue weighted by Gasteiger charge is -2.17. The van der Waals surface area contributed by atoms with E-state index in [0.717, 1.165) is 27.2 Å². The number of carbonyl (C=O) groups is 1. The highest BCUT2D eigenvalue weighted by molar-refractivity contribution is 7.99. The highest BCUT2D eigenvalue weighted by atomic mass is 32.2. The summed E-state index contributed by atoms with van der Waals surface area (Å²) in [5.41, 5.74) is 5.78. The molecule has 0 radical (unpaired) electrons. The third-order valence-corrected chi connectivity index (χ3v) is 5.08. The van der Waals surface area contributed by atoms with Gasteiger partial charge in [-0.1, -0.05) is 12.1 Å². The molecule has 1 aliphatic rings. The van der Waals surface area contributed by atoms with E-state index >= 15 is 0 Å². The monoisotopic (exact) mass is 354 g/mol. The van der Waals surface area contributed by atoms with Crippen molar-refractivity contribution in [2.24, 2.45) is 5.10 Å². The van der Waals surface area contributed by atoms with E-state index in [-0.39, 0.29) is 18.3 Å². The minimum absolute atomic E-state index is 0.127. The maximum atomic E-state index is 13.5. The average Bonchev–Trinajstić information content (AvgIpc) is 3.03. The summed E-state index contributed by atoms with van der Waals surface area (Å²) in [5, 5.41) is 4.23. The molecule has 1 amide bonds. The van der Waals surface area contributed by atoms with Gasteiger partial charge in [-0.05, 0) is 30.3 Å². The van der Waals surface area contributed by atoms with Gasteiger partial charge in [-0.25, -0.2) is 14.8 Å². The van der Waals surface area contributed by atoms with Crippen molar-refractivity contribution in [3.63, 3.8) is 0 Å². The number of halogens is 1. The molecule has 2 heterocycles. The molecule has 5 nitrogen and oxygen atoms in total. The predicted molar refractivity (Wildman–Crippen MR) is 96.2 cm³/mol. The number of nitrogens with zero attached hydrogens (tertiary/aromatic N) is 3. The number of thioether (sulfide) groups is 1. The zero-order chi connectivity index (χ0) is 17.2. The SMILES string of the molecule is O=C(Cn1cnc2ccccc21)NN=C1CCSc2ccc(F)cc21. The Morgan fingerprint density at radius 3 is 3.12 bits per heavy atom. The highest BCUT2D eigenvalue weighted by Crippen LogP contribution is 2.30. The molecule has 0 saturated carbocycles. The summed E-state index contributed by atoms with van der Waals surface area (Å²) in [4.78, 5) is 17.5.